The lowest BCUT2D eigenvalue weighted by Gasteiger charge is -2.12. The van der Waals surface area contributed by atoms with Crippen molar-refractivity contribution >= 4 is 20.6 Å². The summed E-state index contributed by atoms with van der Waals surface area (Å²) in [5.74, 6) is 0.255. The van der Waals surface area contributed by atoms with E-state index in [2.05, 4.69) is 0 Å². The van der Waals surface area contributed by atoms with Gasteiger partial charge in [-0.3, -0.25) is 4.21 Å². The van der Waals surface area contributed by atoms with Gasteiger partial charge in [0.15, 0.2) is 9.84 Å². The van der Waals surface area contributed by atoms with Crippen LogP contribution >= 0.6 is 0 Å². The lowest BCUT2D eigenvalue weighted by atomic mass is 10.4. The lowest BCUT2D eigenvalue weighted by molar-refractivity contribution is 0.602. The first-order chi connectivity index (χ1) is 5.96. The molecule has 0 aliphatic carbocycles. The highest BCUT2D eigenvalue weighted by Crippen LogP contribution is 2.18. The van der Waals surface area contributed by atoms with Crippen molar-refractivity contribution in [2.24, 2.45) is 5.73 Å². The smallest absolute Gasteiger partial charge is 0.151 e. The van der Waals surface area contributed by atoms with Gasteiger partial charge in [-0.05, 0) is 13.3 Å². The number of rotatable bonds is 3. The molecule has 0 aromatic heterocycles. The van der Waals surface area contributed by atoms with Crippen LogP contribution < -0.4 is 5.73 Å². The minimum Gasteiger partial charge on any atom is -0.329 e. The fourth-order valence-electron chi connectivity index (χ4n) is 1.37. The maximum atomic E-state index is 11.6. The summed E-state index contributed by atoms with van der Waals surface area (Å²) in [5.41, 5.74) is 5.37. The number of hydrogen-bond acceptors (Lipinski definition) is 4. The van der Waals surface area contributed by atoms with Gasteiger partial charge in [-0.25, -0.2) is 8.42 Å². The Kier molecular flexibility index (Phi) is 3.48. The first-order valence-corrected chi connectivity index (χ1v) is 7.36. The van der Waals surface area contributed by atoms with Crippen LogP contribution in [-0.2, 0) is 20.6 Å². The standard InChI is InChI=1S/C7H15NO3S2/c1-6(4-8)12(9)7-2-3-13(10,11)5-7/h6-7H,2-5,8H2,1H3. The fraction of sp³-hybridized carbons (Fsp3) is 1.00. The lowest BCUT2D eigenvalue weighted by Crippen LogP contribution is -2.30. The summed E-state index contributed by atoms with van der Waals surface area (Å²) in [6.45, 7) is 2.14. The van der Waals surface area contributed by atoms with E-state index in [0.29, 0.717) is 13.0 Å². The van der Waals surface area contributed by atoms with Gasteiger partial charge in [0.05, 0.1) is 11.5 Å². The molecule has 4 nitrogen and oxygen atoms in total. The van der Waals surface area contributed by atoms with Crippen molar-refractivity contribution in [3.05, 3.63) is 0 Å². The van der Waals surface area contributed by atoms with Gasteiger partial charge in [-0.1, -0.05) is 0 Å². The fourth-order valence-corrected chi connectivity index (χ4v) is 5.42. The summed E-state index contributed by atoms with van der Waals surface area (Å²) >= 11 is 0. The minimum atomic E-state index is -2.92. The number of nitrogens with two attached hydrogens (primary N) is 1. The third-order valence-corrected chi connectivity index (χ3v) is 6.27. The van der Waals surface area contributed by atoms with Crippen LogP contribution in [0.15, 0.2) is 0 Å². The Morgan fingerprint density at radius 2 is 2.23 bits per heavy atom. The molecule has 1 heterocycles. The highest BCUT2D eigenvalue weighted by Gasteiger charge is 2.33. The second kappa shape index (κ2) is 4.06. The largest absolute Gasteiger partial charge is 0.329 e. The zero-order chi connectivity index (χ0) is 10.1. The molecule has 1 aliphatic heterocycles. The Morgan fingerprint density at radius 3 is 2.62 bits per heavy atom. The monoisotopic (exact) mass is 225 g/mol. The van der Waals surface area contributed by atoms with Crippen LogP contribution in [-0.4, -0.2) is 41.2 Å². The van der Waals surface area contributed by atoms with Crippen molar-refractivity contribution in [1.82, 2.24) is 0 Å². The molecule has 6 heteroatoms. The maximum Gasteiger partial charge on any atom is 0.151 e. The van der Waals surface area contributed by atoms with E-state index in [1.807, 2.05) is 0 Å². The van der Waals surface area contributed by atoms with Gasteiger partial charge < -0.3 is 5.73 Å². The molecular formula is C7H15NO3S2. The quantitative estimate of drug-likeness (QED) is 0.687. The molecule has 1 fully saturated rings. The number of hydrogen-bond donors (Lipinski definition) is 1. The van der Waals surface area contributed by atoms with Crippen molar-refractivity contribution in [1.29, 1.82) is 0 Å². The van der Waals surface area contributed by atoms with Gasteiger partial charge in [0.2, 0.25) is 0 Å². The summed E-state index contributed by atoms with van der Waals surface area (Å²) in [7, 11) is -4.01. The van der Waals surface area contributed by atoms with Gasteiger partial charge in [0, 0.05) is 27.8 Å². The Balaban J connectivity index is 2.62. The first kappa shape index (κ1) is 11.1. The zero-order valence-electron chi connectivity index (χ0n) is 7.60. The maximum absolute atomic E-state index is 11.6. The molecule has 13 heavy (non-hydrogen) atoms. The van der Waals surface area contributed by atoms with Crippen LogP contribution in [0, 0.1) is 0 Å². The van der Waals surface area contributed by atoms with Crippen molar-refractivity contribution in [3.63, 3.8) is 0 Å². The highest BCUT2D eigenvalue weighted by atomic mass is 32.2. The van der Waals surface area contributed by atoms with Crippen LogP contribution in [0.1, 0.15) is 13.3 Å². The van der Waals surface area contributed by atoms with Crippen molar-refractivity contribution in [2.75, 3.05) is 18.1 Å². The van der Waals surface area contributed by atoms with Crippen LogP contribution in [0.25, 0.3) is 0 Å². The van der Waals surface area contributed by atoms with Gasteiger partial charge in [0.25, 0.3) is 0 Å². The van der Waals surface area contributed by atoms with Gasteiger partial charge in [-0.2, -0.15) is 0 Å². The summed E-state index contributed by atoms with van der Waals surface area (Å²) in [5, 5.41) is -0.290. The van der Waals surface area contributed by atoms with Crippen molar-refractivity contribution < 1.29 is 12.6 Å². The summed E-state index contributed by atoms with van der Waals surface area (Å²) in [6, 6.07) is 0. The van der Waals surface area contributed by atoms with Gasteiger partial charge in [0.1, 0.15) is 0 Å². The average Bonchev–Trinajstić information content (AvgIpc) is 2.43. The number of sulfone groups is 1. The third-order valence-electron chi connectivity index (χ3n) is 2.25. The normalized spacial score (nSPS) is 31.4. The molecule has 0 bridgehead atoms. The molecule has 3 unspecified atom stereocenters. The van der Waals surface area contributed by atoms with Gasteiger partial charge >= 0.3 is 0 Å². The predicted molar refractivity (Wildman–Crippen MR) is 53.7 cm³/mol. The summed E-state index contributed by atoms with van der Waals surface area (Å²) < 4.78 is 33.8. The van der Waals surface area contributed by atoms with E-state index in [1.165, 1.54) is 0 Å². The predicted octanol–water partition coefficient (Wildman–Crippen LogP) is -0.731. The van der Waals surface area contributed by atoms with E-state index < -0.39 is 20.6 Å². The molecule has 0 spiro atoms. The van der Waals surface area contributed by atoms with Crippen LogP contribution in [0.2, 0.25) is 0 Å². The Bertz CT molecular complexity index is 299. The van der Waals surface area contributed by atoms with Crippen LogP contribution in [0.5, 0.6) is 0 Å². The molecule has 0 aromatic carbocycles. The van der Waals surface area contributed by atoms with E-state index in [9.17, 15) is 12.6 Å². The zero-order valence-corrected chi connectivity index (χ0v) is 9.23. The first-order valence-electron chi connectivity index (χ1n) is 4.26. The molecule has 0 amide bonds. The Labute approximate surface area is 81.3 Å². The molecule has 0 aromatic rings. The molecule has 1 aliphatic rings. The summed E-state index contributed by atoms with van der Waals surface area (Å²) in [6.07, 6.45) is 0.527. The molecule has 0 radical (unpaired) electrons. The molecule has 1 rings (SSSR count). The van der Waals surface area contributed by atoms with E-state index in [0.717, 1.165) is 0 Å². The van der Waals surface area contributed by atoms with E-state index in [1.54, 1.807) is 6.92 Å². The molecule has 0 saturated carbocycles. The topological polar surface area (TPSA) is 77.2 Å². The SMILES string of the molecule is CC(CN)S(=O)C1CCS(=O)(=O)C1. The second-order valence-electron chi connectivity index (χ2n) is 3.40. The Morgan fingerprint density at radius 1 is 1.62 bits per heavy atom. The summed E-state index contributed by atoms with van der Waals surface area (Å²) in [4.78, 5) is 0. The van der Waals surface area contributed by atoms with Crippen LogP contribution in [0.3, 0.4) is 0 Å². The van der Waals surface area contributed by atoms with Gasteiger partial charge in [-0.15, -0.1) is 0 Å². The Hall–Kier alpha value is 0.0600. The minimum absolute atomic E-state index is 0.0734. The van der Waals surface area contributed by atoms with Crippen molar-refractivity contribution in [3.8, 4) is 0 Å². The molecule has 1 saturated heterocycles. The van der Waals surface area contributed by atoms with Crippen molar-refractivity contribution in [2.45, 2.75) is 23.8 Å². The van der Waals surface area contributed by atoms with E-state index >= 15 is 0 Å². The van der Waals surface area contributed by atoms with Crippen LogP contribution in [0.4, 0.5) is 0 Å². The molecule has 3 atom stereocenters. The average molecular weight is 225 g/mol. The van der Waals surface area contributed by atoms with E-state index in [4.69, 9.17) is 5.73 Å². The highest BCUT2D eigenvalue weighted by molar-refractivity contribution is 7.94. The molecule has 78 valence electrons. The van der Waals surface area contributed by atoms with E-state index in [-0.39, 0.29) is 22.0 Å². The third kappa shape index (κ3) is 2.75. The second-order valence-corrected chi connectivity index (χ2v) is 7.76. The molecular weight excluding hydrogens is 210 g/mol. The molecule has 2 N–H and O–H groups in total.